The lowest BCUT2D eigenvalue weighted by Gasteiger charge is -2.39. The van der Waals surface area contributed by atoms with Gasteiger partial charge in [-0.05, 0) is 56.9 Å². The van der Waals surface area contributed by atoms with E-state index < -0.39 is 0 Å². The minimum absolute atomic E-state index is 0.0109. The van der Waals surface area contributed by atoms with Crippen LogP contribution in [0, 0.1) is 0 Å². The molecule has 1 aromatic rings. The van der Waals surface area contributed by atoms with Gasteiger partial charge in [0, 0.05) is 23.7 Å². The van der Waals surface area contributed by atoms with E-state index in [1.807, 2.05) is 6.07 Å². The summed E-state index contributed by atoms with van der Waals surface area (Å²) in [6.07, 6.45) is 4.59. The third kappa shape index (κ3) is 2.59. The SMILES string of the molecule is COc1ccc([C@@]23CC[C@H](O)C=C2N(C(C)C)CC3)cc1OC. The van der Waals surface area contributed by atoms with Crippen molar-refractivity contribution in [1.29, 1.82) is 0 Å². The molecule has 4 heteroatoms. The van der Waals surface area contributed by atoms with Gasteiger partial charge in [0.2, 0.25) is 0 Å². The van der Waals surface area contributed by atoms with Crippen molar-refractivity contribution in [3.63, 3.8) is 0 Å². The summed E-state index contributed by atoms with van der Waals surface area (Å²) in [6, 6.07) is 6.68. The number of hydrogen-bond donors (Lipinski definition) is 1. The van der Waals surface area contributed by atoms with Crippen LogP contribution in [0.3, 0.4) is 0 Å². The lowest BCUT2D eigenvalue weighted by molar-refractivity contribution is 0.177. The summed E-state index contributed by atoms with van der Waals surface area (Å²) in [4.78, 5) is 2.43. The molecule has 0 unspecified atom stereocenters. The molecule has 0 bridgehead atoms. The summed E-state index contributed by atoms with van der Waals surface area (Å²) in [6.45, 7) is 5.46. The average molecular weight is 317 g/mol. The van der Waals surface area contributed by atoms with Gasteiger partial charge in [0.15, 0.2) is 11.5 Å². The molecule has 1 saturated heterocycles. The van der Waals surface area contributed by atoms with Gasteiger partial charge < -0.3 is 19.5 Å². The molecule has 0 saturated carbocycles. The predicted octanol–water partition coefficient (Wildman–Crippen LogP) is 3.09. The van der Waals surface area contributed by atoms with Crippen LogP contribution in [0.4, 0.5) is 0 Å². The highest BCUT2D eigenvalue weighted by Gasteiger charge is 2.47. The van der Waals surface area contributed by atoms with Crippen molar-refractivity contribution >= 4 is 0 Å². The monoisotopic (exact) mass is 317 g/mol. The molecule has 1 aliphatic heterocycles. The van der Waals surface area contributed by atoms with Crippen LogP contribution in [0.5, 0.6) is 11.5 Å². The van der Waals surface area contributed by atoms with E-state index in [0.717, 1.165) is 37.3 Å². The summed E-state index contributed by atoms with van der Waals surface area (Å²) >= 11 is 0. The van der Waals surface area contributed by atoms with E-state index in [0.29, 0.717) is 6.04 Å². The third-order valence-electron chi connectivity index (χ3n) is 5.36. The summed E-state index contributed by atoms with van der Waals surface area (Å²) in [5.41, 5.74) is 2.53. The number of hydrogen-bond acceptors (Lipinski definition) is 4. The van der Waals surface area contributed by atoms with Gasteiger partial charge in [0.25, 0.3) is 0 Å². The summed E-state index contributed by atoms with van der Waals surface area (Å²) < 4.78 is 10.9. The molecule has 2 atom stereocenters. The number of allylic oxidation sites excluding steroid dienone is 1. The van der Waals surface area contributed by atoms with E-state index in [2.05, 4.69) is 37.0 Å². The van der Waals surface area contributed by atoms with Gasteiger partial charge in [-0.25, -0.2) is 0 Å². The number of rotatable bonds is 4. The first kappa shape index (κ1) is 16.2. The van der Waals surface area contributed by atoms with Gasteiger partial charge in [0.05, 0.1) is 20.3 Å². The second kappa shape index (κ2) is 6.08. The van der Waals surface area contributed by atoms with Crippen molar-refractivity contribution in [1.82, 2.24) is 4.90 Å². The molecule has 0 amide bonds. The van der Waals surface area contributed by atoms with E-state index in [1.54, 1.807) is 14.2 Å². The number of nitrogens with zero attached hydrogens (tertiary/aromatic N) is 1. The van der Waals surface area contributed by atoms with Crippen LogP contribution in [0.1, 0.15) is 38.7 Å². The molecule has 3 rings (SSSR count). The zero-order valence-electron chi connectivity index (χ0n) is 14.5. The summed E-state index contributed by atoms with van der Waals surface area (Å²) in [5, 5.41) is 10.2. The zero-order valence-corrected chi connectivity index (χ0v) is 14.5. The van der Waals surface area contributed by atoms with E-state index in [9.17, 15) is 5.11 Å². The van der Waals surface area contributed by atoms with Gasteiger partial charge in [-0.3, -0.25) is 0 Å². The van der Waals surface area contributed by atoms with Gasteiger partial charge in [-0.15, -0.1) is 0 Å². The molecule has 4 nitrogen and oxygen atoms in total. The molecule has 23 heavy (non-hydrogen) atoms. The molecule has 0 spiro atoms. The van der Waals surface area contributed by atoms with Gasteiger partial charge in [-0.2, -0.15) is 0 Å². The molecule has 1 aliphatic carbocycles. The van der Waals surface area contributed by atoms with Crippen molar-refractivity contribution in [3.05, 3.63) is 35.5 Å². The maximum absolute atomic E-state index is 10.2. The van der Waals surface area contributed by atoms with Gasteiger partial charge in [0.1, 0.15) is 0 Å². The number of fused-ring (bicyclic) bond motifs is 1. The molecule has 0 radical (unpaired) electrons. The number of likely N-dealkylation sites (tertiary alicyclic amines) is 1. The van der Waals surface area contributed by atoms with Gasteiger partial charge in [-0.1, -0.05) is 6.07 Å². The van der Waals surface area contributed by atoms with E-state index in [1.165, 1.54) is 11.3 Å². The first-order valence-electron chi connectivity index (χ1n) is 8.41. The van der Waals surface area contributed by atoms with Crippen LogP contribution in [-0.2, 0) is 5.41 Å². The molecule has 1 N–H and O–H groups in total. The number of ether oxygens (including phenoxy) is 2. The number of aliphatic hydroxyl groups excluding tert-OH is 1. The Bertz CT molecular complexity index is 611. The van der Waals surface area contributed by atoms with Crippen LogP contribution >= 0.6 is 0 Å². The number of benzene rings is 1. The van der Waals surface area contributed by atoms with Crippen molar-refractivity contribution in [2.45, 2.75) is 50.7 Å². The Balaban J connectivity index is 2.08. The maximum atomic E-state index is 10.2. The first-order valence-corrected chi connectivity index (χ1v) is 8.41. The molecule has 126 valence electrons. The van der Waals surface area contributed by atoms with Crippen LogP contribution < -0.4 is 9.47 Å². The zero-order chi connectivity index (χ0) is 16.6. The second-order valence-electron chi connectivity index (χ2n) is 6.85. The highest BCUT2D eigenvalue weighted by molar-refractivity contribution is 5.49. The fraction of sp³-hybridized carbons (Fsp3) is 0.579. The average Bonchev–Trinajstić information content (AvgIpc) is 2.94. The number of methoxy groups -OCH3 is 2. The summed E-state index contributed by atoms with van der Waals surface area (Å²) in [5.74, 6) is 1.53. The largest absolute Gasteiger partial charge is 0.493 e. The van der Waals surface area contributed by atoms with Crippen LogP contribution in [0.15, 0.2) is 30.0 Å². The normalized spacial score (nSPS) is 27.0. The van der Waals surface area contributed by atoms with Crippen molar-refractivity contribution in [2.75, 3.05) is 20.8 Å². The van der Waals surface area contributed by atoms with Crippen molar-refractivity contribution < 1.29 is 14.6 Å². The summed E-state index contributed by atoms with van der Waals surface area (Å²) in [7, 11) is 3.34. The standard InChI is InChI=1S/C19H27NO3/c1-13(2)20-10-9-19(8-7-15(21)12-18(19)20)14-5-6-16(22-3)17(11-14)23-4/h5-6,11-13,15,21H,7-10H2,1-4H3/t15-,19-/m0/s1. The Morgan fingerprint density at radius 1 is 1.17 bits per heavy atom. The van der Waals surface area contributed by atoms with E-state index in [4.69, 9.17) is 9.47 Å². The third-order valence-corrected chi connectivity index (χ3v) is 5.36. The topological polar surface area (TPSA) is 41.9 Å². The fourth-order valence-corrected chi connectivity index (χ4v) is 4.11. The Kier molecular flexibility index (Phi) is 4.28. The molecular weight excluding hydrogens is 290 g/mol. The van der Waals surface area contributed by atoms with Crippen molar-refractivity contribution in [3.8, 4) is 11.5 Å². The highest BCUT2D eigenvalue weighted by atomic mass is 16.5. The second-order valence-corrected chi connectivity index (χ2v) is 6.85. The lowest BCUT2D eigenvalue weighted by atomic mass is 9.70. The quantitative estimate of drug-likeness (QED) is 0.926. The Morgan fingerprint density at radius 2 is 1.91 bits per heavy atom. The smallest absolute Gasteiger partial charge is 0.161 e. The first-order chi connectivity index (χ1) is 11.0. The number of aliphatic hydroxyl groups is 1. The van der Waals surface area contributed by atoms with Crippen molar-refractivity contribution in [2.24, 2.45) is 0 Å². The molecular formula is C19H27NO3. The van der Waals surface area contributed by atoms with Gasteiger partial charge >= 0.3 is 0 Å². The molecule has 0 aromatic heterocycles. The van der Waals surface area contributed by atoms with Crippen LogP contribution in [0.2, 0.25) is 0 Å². The van der Waals surface area contributed by atoms with Crippen LogP contribution in [0.25, 0.3) is 0 Å². The maximum Gasteiger partial charge on any atom is 0.161 e. The van der Waals surface area contributed by atoms with E-state index in [-0.39, 0.29) is 11.5 Å². The Hall–Kier alpha value is -1.68. The van der Waals surface area contributed by atoms with E-state index >= 15 is 0 Å². The fourth-order valence-electron chi connectivity index (χ4n) is 4.11. The minimum atomic E-state index is -0.336. The minimum Gasteiger partial charge on any atom is -0.493 e. The van der Waals surface area contributed by atoms with Crippen LogP contribution in [-0.4, -0.2) is 42.9 Å². The highest BCUT2D eigenvalue weighted by Crippen LogP contribution is 2.51. The molecule has 1 fully saturated rings. The predicted molar refractivity (Wildman–Crippen MR) is 91.0 cm³/mol. The lowest BCUT2D eigenvalue weighted by Crippen LogP contribution is -2.36. The molecule has 2 aliphatic rings. The molecule has 1 heterocycles. The molecule has 1 aromatic carbocycles. The Morgan fingerprint density at radius 3 is 2.57 bits per heavy atom. The Labute approximate surface area is 138 Å².